The van der Waals surface area contributed by atoms with Gasteiger partial charge in [-0.3, -0.25) is 0 Å². The lowest BCUT2D eigenvalue weighted by atomic mass is 10.1. The van der Waals surface area contributed by atoms with Crippen molar-refractivity contribution >= 4 is 5.69 Å². The Bertz CT molecular complexity index is 768. The minimum atomic E-state index is -4.63. The monoisotopic (exact) mass is 334 g/mol. The second-order valence-corrected chi connectivity index (χ2v) is 5.67. The molecule has 0 spiro atoms. The van der Waals surface area contributed by atoms with Crippen LogP contribution in [-0.4, -0.2) is 5.60 Å². The molecule has 0 aliphatic rings. The molecule has 1 rings (SSSR count). The van der Waals surface area contributed by atoms with Gasteiger partial charge in [-0.1, -0.05) is 0 Å². The van der Waals surface area contributed by atoms with Crippen molar-refractivity contribution in [1.29, 1.82) is 15.8 Å². The first kappa shape index (κ1) is 18.9. The van der Waals surface area contributed by atoms with Crippen molar-refractivity contribution in [3.8, 4) is 24.0 Å². The summed E-state index contributed by atoms with van der Waals surface area (Å²) in [5.74, 6) is -0.0624. The summed E-state index contributed by atoms with van der Waals surface area (Å²) in [5, 5.41) is 28.9. The van der Waals surface area contributed by atoms with Crippen molar-refractivity contribution in [3.05, 3.63) is 35.0 Å². The first-order valence-electron chi connectivity index (χ1n) is 6.63. The summed E-state index contributed by atoms with van der Waals surface area (Å²) in [5.41, 5.74) is -2.82. The predicted octanol–water partition coefficient (Wildman–Crippen LogP) is 4.12. The minimum absolute atomic E-state index is 0.0624. The van der Waals surface area contributed by atoms with Crippen LogP contribution in [-0.2, 0) is 6.18 Å². The van der Waals surface area contributed by atoms with Crippen LogP contribution in [0.5, 0.6) is 5.75 Å². The van der Waals surface area contributed by atoms with Crippen LogP contribution < -0.4 is 10.1 Å². The number of hydrogen-bond donors (Lipinski definition) is 1. The molecule has 5 nitrogen and oxygen atoms in total. The van der Waals surface area contributed by atoms with Gasteiger partial charge in [-0.25, -0.2) is 0 Å². The molecule has 8 heteroatoms. The first-order chi connectivity index (χ1) is 11.0. The first-order valence-corrected chi connectivity index (χ1v) is 6.63. The summed E-state index contributed by atoms with van der Waals surface area (Å²) in [4.78, 5) is 0. The fourth-order valence-corrected chi connectivity index (χ4v) is 1.67. The number of halogens is 3. The lowest BCUT2D eigenvalue weighted by molar-refractivity contribution is -0.137. The number of benzene rings is 1. The van der Waals surface area contributed by atoms with Gasteiger partial charge in [0.25, 0.3) is 0 Å². The molecule has 0 atom stereocenters. The molecule has 24 heavy (non-hydrogen) atoms. The van der Waals surface area contributed by atoms with Crippen molar-refractivity contribution in [2.75, 3.05) is 5.32 Å². The number of rotatable bonds is 3. The molecule has 0 fully saturated rings. The van der Waals surface area contributed by atoms with E-state index in [2.05, 4.69) is 5.32 Å². The predicted molar refractivity (Wildman–Crippen MR) is 79.3 cm³/mol. The van der Waals surface area contributed by atoms with Gasteiger partial charge in [0.1, 0.15) is 35.3 Å². The molecule has 1 aromatic carbocycles. The van der Waals surface area contributed by atoms with Crippen molar-refractivity contribution in [3.63, 3.8) is 0 Å². The molecule has 0 amide bonds. The molecule has 0 heterocycles. The van der Waals surface area contributed by atoms with Crippen LogP contribution in [0, 0.1) is 34.0 Å². The Morgan fingerprint density at radius 2 is 1.58 bits per heavy atom. The van der Waals surface area contributed by atoms with Gasteiger partial charge in [0.2, 0.25) is 0 Å². The average Bonchev–Trinajstić information content (AvgIpc) is 2.44. The van der Waals surface area contributed by atoms with E-state index in [4.69, 9.17) is 20.5 Å². The van der Waals surface area contributed by atoms with Gasteiger partial charge in [0.05, 0.1) is 5.56 Å². The summed E-state index contributed by atoms with van der Waals surface area (Å²) in [7, 11) is 0. The zero-order valence-corrected chi connectivity index (χ0v) is 13.1. The molecular formula is C16H13F3N4O. The van der Waals surface area contributed by atoms with E-state index in [1.54, 1.807) is 26.8 Å². The zero-order valence-electron chi connectivity index (χ0n) is 13.1. The number of nitriles is 3. The van der Waals surface area contributed by atoms with E-state index >= 15 is 0 Å². The van der Waals surface area contributed by atoms with E-state index < -0.39 is 28.6 Å². The summed E-state index contributed by atoms with van der Waals surface area (Å²) in [6, 6.07) is 7.43. The van der Waals surface area contributed by atoms with E-state index in [9.17, 15) is 13.2 Å². The van der Waals surface area contributed by atoms with Gasteiger partial charge in [-0.2, -0.15) is 29.0 Å². The van der Waals surface area contributed by atoms with Crippen LogP contribution >= 0.6 is 0 Å². The molecular weight excluding hydrogens is 321 g/mol. The quantitative estimate of drug-likeness (QED) is 0.839. The smallest absolute Gasteiger partial charge is 0.416 e. The Morgan fingerprint density at radius 1 is 1.00 bits per heavy atom. The maximum absolute atomic E-state index is 13.0. The number of ether oxygens (including phenoxy) is 1. The van der Waals surface area contributed by atoms with E-state index in [0.29, 0.717) is 0 Å². The van der Waals surface area contributed by atoms with E-state index in [1.807, 2.05) is 0 Å². The topological polar surface area (TPSA) is 92.6 Å². The minimum Gasteiger partial charge on any atom is -0.488 e. The van der Waals surface area contributed by atoms with Crippen LogP contribution in [0.25, 0.3) is 0 Å². The standard InChI is InChI=1S/C16H13F3N4O/c1-15(2,3)24-13-5-11(16(17,18)19)4-12(6-13)23-14(9-22)10(7-20)8-21/h4-6,23H,1-3H3. The summed E-state index contributed by atoms with van der Waals surface area (Å²) < 4.78 is 44.5. The van der Waals surface area contributed by atoms with Gasteiger partial charge < -0.3 is 10.1 Å². The second-order valence-electron chi connectivity index (χ2n) is 5.67. The van der Waals surface area contributed by atoms with Crippen LogP contribution in [0.3, 0.4) is 0 Å². The lowest BCUT2D eigenvalue weighted by Crippen LogP contribution is -2.23. The number of alkyl halides is 3. The average molecular weight is 334 g/mol. The molecule has 0 bridgehead atoms. The molecule has 0 aliphatic carbocycles. The molecule has 0 unspecified atom stereocenters. The highest BCUT2D eigenvalue weighted by Crippen LogP contribution is 2.35. The number of hydrogen-bond acceptors (Lipinski definition) is 5. The highest BCUT2D eigenvalue weighted by atomic mass is 19.4. The molecule has 0 saturated heterocycles. The van der Waals surface area contributed by atoms with Crippen LogP contribution in [0.1, 0.15) is 26.3 Å². The van der Waals surface area contributed by atoms with Crippen molar-refractivity contribution in [1.82, 2.24) is 0 Å². The van der Waals surface area contributed by atoms with Gasteiger partial charge >= 0.3 is 6.18 Å². The van der Waals surface area contributed by atoms with Crippen molar-refractivity contribution < 1.29 is 17.9 Å². The van der Waals surface area contributed by atoms with E-state index in [0.717, 1.165) is 12.1 Å². The van der Waals surface area contributed by atoms with Crippen molar-refractivity contribution in [2.45, 2.75) is 32.5 Å². The summed E-state index contributed by atoms with van der Waals surface area (Å²) in [6.45, 7) is 5.01. The number of allylic oxidation sites excluding steroid dienone is 2. The molecule has 124 valence electrons. The fraction of sp³-hybridized carbons (Fsp3) is 0.312. The Balaban J connectivity index is 3.41. The van der Waals surface area contributed by atoms with E-state index in [-0.39, 0.29) is 11.4 Å². The highest BCUT2D eigenvalue weighted by Gasteiger charge is 2.32. The van der Waals surface area contributed by atoms with Gasteiger partial charge in [-0.15, -0.1) is 0 Å². The summed E-state index contributed by atoms with van der Waals surface area (Å²) >= 11 is 0. The number of nitrogens with zero attached hydrogens (tertiary/aromatic N) is 3. The highest BCUT2D eigenvalue weighted by molar-refractivity contribution is 5.61. The zero-order chi connectivity index (χ0) is 18.5. The third-order valence-corrected chi connectivity index (χ3v) is 2.51. The molecule has 0 aliphatic heterocycles. The third-order valence-electron chi connectivity index (χ3n) is 2.51. The molecule has 0 radical (unpaired) electrons. The molecule has 1 aromatic rings. The SMILES string of the molecule is CC(C)(C)Oc1cc(NC(C#N)=C(C#N)C#N)cc(C(F)(F)F)c1. The Hall–Kier alpha value is -3.18. The Morgan fingerprint density at radius 3 is 2.00 bits per heavy atom. The van der Waals surface area contributed by atoms with Crippen molar-refractivity contribution in [2.24, 2.45) is 0 Å². The van der Waals surface area contributed by atoms with Gasteiger partial charge in [0.15, 0.2) is 5.57 Å². The maximum Gasteiger partial charge on any atom is 0.416 e. The number of nitrogens with one attached hydrogen (secondary N) is 1. The normalized spacial score (nSPS) is 10.8. The number of anilines is 1. The molecule has 0 saturated carbocycles. The molecule has 1 N–H and O–H groups in total. The third kappa shape index (κ3) is 5.23. The van der Waals surface area contributed by atoms with E-state index in [1.165, 1.54) is 18.2 Å². The van der Waals surface area contributed by atoms with Crippen LogP contribution in [0.4, 0.5) is 18.9 Å². The second kappa shape index (κ2) is 6.93. The fourth-order valence-electron chi connectivity index (χ4n) is 1.67. The maximum atomic E-state index is 13.0. The summed E-state index contributed by atoms with van der Waals surface area (Å²) in [6.07, 6.45) is -4.63. The van der Waals surface area contributed by atoms with Gasteiger partial charge in [-0.05, 0) is 32.9 Å². The van der Waals surface area contributed by atoms with Crippen LogP contribution in [0.2, 0.25) is 0 Å². The Kier molecular flexibility index (Phi) is 5.45. The lowest BCUT2D eigenvalue weighted by Gasteiger charge is -2.23. The molecule has 0 aromatic heterocycles. The Labute approximate surface area is 137 Å². The van der Waals surface area contributed by atoms with Crippen LogP contribution in [0.15, 0.2) is 29.5 Å². The largest absolute Gasteiger partial charge is 0.488 e. The van der Waals surface area contributed by atoms with Gasteiger partial charge in [0, 0.05) is 11.8 Å².